The van der Waals surface area contributed by atoms with Gasteiger partial charge in [0.05, 0.1) is 5.75 Å². The maximum Gasteiger partial charge on any atom is 0.212 e. The molecular formula is C12H19N3O2S. The highest BCUT2D eigenvalue weighted by molar-refractivity contribution is 7.89. The van der Waals surface area contributed by atoms with Crippen LogP contribution in [0.5, 0.6) is 0 Å². The molecule has 2 heterocycles. The van der Waals surface area contributed by atoms with Crippen LogP contribution in [-0.4, -0.2) is 38.3 Å². The van der Waals surface area contributed by atoms with Crippen molar-refractivity contribution in [3.8, 4) is 0 Å². The number of sulfonamides is 1. The van der Waals surface area contributed by atoms with Crippen LogP contribution in [0.2, 0.25) is 0 Å². The second kappa shape index (κ2) is 6.26. The Labute approximate surface area is 108 Å². The lowest BCUT2D eigenvalue weighted by Gasteiger charge is -2.11. The zero-order valence-electron chi connectivity index (χ0n) is 10.3. The average Bonchev–Trinajstić information content (AvgIpc) is 2.89. The second-order valence-electron chi connectivity index (χ2n) is 4.53. The zero-order valence-corrected chi connectivity index (χ0v) is 11.1. The van der Waals surface area contributed by atoms with Crippen molar-refractivity contribution in [3.05, 3.63) is 30.1 Å². The summed E-state index contributed by atoms with van der Waals surface area (Å²) in [5.74, 6) is 0.0940. The van der Waals surface area contributed by atoms with Gasteiger partial charge in [0.25, 0.3) is 0 Å². The predicted octanol–water partition coefficient (Wildman–Crippen LogP) is 0.295. The third-order valence-corrected chi connectivity index (χ3v) is 4.41. The molecule has 0 radical (unpaired) electrons. The molecular weight excluding hydrogens is 250 g/mol. The third-order valence-electron chi connectivity index (χ3n) is 3.07. The molecule has 0 aromatic carbocycles. The lowest BCUT2D eigenvalue weighted by molar-refractivity contribution is 0.551. The van der Waals surface area contributed by atoms with Gasteiger partial charge in [0.1, 0.15) is 0 Å². The van der Waals surface area contributed by atoms with Crippen molar-refractivity contribution in [3.63, 3.8) is 0 Å². The molecule has 2 N–H and O–H groups in total. The molecule has 1 aromatic rings. The van der Waals surface area contributed by atoms with Gasteiger partial charge in [-0.2, -0.15) is 0 Å². The first-order valence-electron chi connectivity index (χ1n) is 6.26. The van der Waals surface area contributed by atoms with Gasteiger partial charge in [0.2, 0.25) is 10.0 Å². The number of aromatic nitrogens is 1. The number of pyridine rings is 1. The van der Waals surface area contributed by atoms with Crippen LogP contribution in [0.3, 0.4) is 0 Å². The fourth-order valence-electron chi connectivity index (χ4n) is 2.02. The summed E-state index contributed by atoms with van der Waals surface area (Å²) < 4.78 is 26.2. The largest absolute Gasteiger partial charge is 0.313 e. The highest BCUT2D eigenvalue weighted by atomic mass is 32.2. The second-order valence-corrected chi connectivity index (χ2v) is 6.46. The molecule has 0 aliphatic carbocycles. The van der Waals surface area contributed by atoms with E-state index in [1.807, 2.05) is 18.2 Å². The maximum atomic E-state index is 11.8. The van der Waals surface area contributed by atoms with Crippen molar-refractivity contribution in [2.75, 3.05) is 18.8 Å². The van der Waals surface area contributed by atoms with Gasteiger partial charge in [-0.1, -0.05) is 6.07 Å². The van der Waals surface area contributed by atoms with Gasteiger partial charge >= 0.3 is 0 Å². The summed E-state index contributed by atoms with van der Waals surface area (Å²) >= 11 is 0. The molecule has 0 spiro atoms. The molecule has 5 nitrogen and oxygen atoms in total. The third kappa shape index (κ3) is 4.36. The number of rotatable bonds is 6. The van der Waals surface area contributed by atoms with Gasteiger partial charge in [-0.05, 0) is 31.5 Å². The van der Waals surface area contributed by atoms with Gasteiger partial charge in [0.15, 0.2) is 0 Å². The standard InChI is InChI=1S/C12H19N3O2S/c16-18(17,15-10-12-5-3-8-14-12)9-6-11-4-1-2-7-13-11/h1-2,4,7,12,14-15H,3,5-6,8-10H2. The van der Waals surface area contributed by atoms with Crippen LogP contribution in [0, 0.1) is 0 Å². The van der Waals surface area contributed by atoms with E-state index in [2.05, 4.69) is 15.0 Å². The first-order chi connectivity index (χ1) is 8.66. The van der Waals surface area contributed by atoms with E-state index >= 15 is 0 Å². The van der Waals surface area contributed by atoms with E-state index in [4.69, 9.17) is 0 Å². The van der Waals surface area contributed by atoms with Gasteiger partial charge < -0.3 is 5.32 Å². The number of hydrogen-bond donors (Lipinski definition) is 2. The summed E-state index contributed by atoms with van der Waals surface area (Å²) in [4.78, 5) is 4.11. The first-order valence-corrected chi connectivity index (χ1v) is 7.91. The summed E-state index contributed by atoms with van der Waals surface area (Å²) in [5.41, 5.74) is 0.807. The minimum absolute atomic E-state index is 0.0940. The Balaban J connectivity index is 1.76. The number of nitrogens with one attached hydrogen (secondary N) is 2. The molecule has 1 atom stereocenters. The molecule has 0 saturated carbocycles. The van der Waals surface area contributed by atoms with Crippen LogP contribution in [0.25, 0.3) is 0 Å². The number of aryl methyl sites for hydroxylation is 1. The van der Waals surface area contributed by atoms with Crippen molar-refractivity contribution in [2.24, 2.45) is 0 Å². The van der Waals surface area contributed by atoms with E-state index in [1.165, 1.54) is 0 Å². The topological polar surface area (TPSA) is 71.1 Å². The Morgan fingerprint density at radius 3 is 3.00 bits per heavy atom. The quantitative estimate of drug-likeness (QED) is 0.779. The summed E-state index contributed by atoms with van der Waals surface area (Å²) in [6, 6.07) is 5.82. The molecule has 2 rings (SSSR count). The lowest BCUT2D eigenvalue weighted by atomic mass is 10.2. The van der Waals surface area contributed by atoms with Crippen LogP contribution < -0.4 is 10.0 Å². The summed E-state index contributed by atoms with van der Waals surface area (Å²) in [5, 5.41) is 3.26. The number of hydrogen-bond acceptors (Lipinski definition) is 4. The van der Waals surface area contributed by atoms with E-state index in [-0.39, 0.29) is 11.8 Å². The van der Waals surface area contributed by atoms with Crippen molar-refractivity contribution < 1.29 is 8.42 Å². The molecule has 1 aliphatic rings. The molecule has 0 bridgehead atoms. The molecule has 18 heavy (non-hydrogen) atoms. The van der Waals surface area contributed by atoms with Crippen LogP contribution in [0.1, 0.15) is 18.5 Å². The van der Waals surface area contributed by atoms with E-state index in [1.54, 1.807) is 6.20 Å². The van der Waals surface area contributed by atoms with Crippen molar-refractivity contribution in [2.45, 2.75) is 25.3 Å². The summed E-state index contributed by atoms with van der Waals surface area (Å²) in [6.45, 7) is 1.48. The van der Waals surface area contributed by atoms with Crippen LogP contribution in [-0.2, 0) is 16.4 Å². The van der Waals surface area contributed by atoms with E-state index in [0.29, 0.717) is 13.0 Å². The highest BCUT2D eigenvalue weighted by Crippen LogP contribution is 2.04. The molecule has 1 aromatic heterocycles. The van der Waals surface area contributed by atoms with Gasteiger partial charge in [-0.3, -0.25) is 4.98 Å². The Bertz CT molecular complexity index is 455. The van der Waals surface area contributed by atoms with Crippen LogP contribution in [0.4, 0.5) is 0 Å². The fraction of sp³-hybridized carbons (Fsp3) is 0.583. The Morgan fingerprint density at radius 1 is 1.44 bits per heavy atom. The van der Waals surface area contributed by atoms with E-state index in [9.17, 15) is 8.42 Å². The minimum atomic E-state index is -3.20. The fourth-order valence-corrected chi connectivity index (χ4v) is 3.09. The van der Waals surface area contributed by atoms with Crippen molar-refractivity contribution >= 4 is 10.0 Å². The molecule has 1 aliphatic heterocycles. The molecule has 1 saturated heterocycles. The highest BCUT2D eigenvalue weighted by Gasteiger charge is 2.17. The molecule has 0 amide bonds. The van der Waals surface area contributed by atoms with Crippen molar-refractivity contribution in [1.82, 2.24) is 15.0 Å². The Hall–Kier alpha value is -0.980. The van der Waals surface area contributed by atoms with E-state index in [0.717, 1.165) is 25.1 Å². The minimum Gasteiger partial charge on any atom is -0.313 e. The smallest absolute Gasteiger partial charge is 0.212 e. The van der Waals surface area contributed by atoms with E-state index < -0.39 is 10.0 Å². The van der Waals surface area contributed by atoms with Crippen molar-refractivity contribution in [1.29, 1.82) is 0 Å². The number of nitrogens with zero attached hydrogens (tertiary/aromatic N) is 1. The Morgan fingerprint density at radius 2 is 2.33 bits per heavy atom. The average molecular weight is 269 g/mol. The zero-order chi connectivity index (χ0) is 12.8. The summed E-state index contributed by atoms with van der Waals surface area (Å²) in [6.07, 6.45) is 4.30. The predicted molar refractivity (Wildman–Crippen MR) is 70.8 cm³/mol. The molecule has 100 valence electrons. The van der Waals surface area contributed by atoms with Gasteiger partial charge in [0, 0.05) is 30.9 Å². The van der Waals surface area contributed by atoms with Gasteiger partial charge in [-0.15, -0.1) is 0 Å². The first kappa shape index (κ1) is 13.5. The monoisotopic (exact) mass is 269 g/mol. The molecule has 1 fully saturated rings. The van der Waals surface area contributed by atoms with Crippen LogP contribution in [0.15, 0.2) is 24.4 Å². The normalized spacial score (nSPS) is 20.1. The lowest BCUT2D eigenvalue weighted by Crippen LogP contribution is -2.38. The summed E-state index contributed by atoms with van der Waals surface area (Å²) in [7, 11) is -3.20. The molecule has 6 heteroatoms. The molecule has 1 unspecified atom stereocenters. The SMILES string of the molecule is O=S(=O)(CCc1ccccn1)NCC1CCCN1. The van der Waals surface area contributed by atoms with Gasteiger partial charge in [-0.25, -0.2) is 13.1 Å². The maximum absolute atomic E-state index is 11.8. The Kier molecular flexibility index (Phi) is 4.68. The van der Waals surface area contributed by atoms with Crippen LogP contribution >= 0.6 is 0 Å².